The minimum Gasteiger partial charge on any atom is -0.497 e. The van der Waals surface area contributed by atoms with Crippen LogP contribution < -0.4 is 9.54 Å². The number of methoxy groups -OCH3 is 1. The van der Waals surface area contributed by atoms with Gasteiger partial charge in [-0.3, -0.25) is 0 Å². The Morgan fingerprint density at radius 3 is 2.38 bits per heavy atom. The van der Waals surface area contributed by atoms with E-state index in [1.807, 2.05) is 30.9 Å². The predicted molar refractivity (Wildman–Crippen MR) is 132 cm³/mol. The summed E-state index contributed by atoms with van der Waals surface area (Å²) >= 11 is 1.71. The fraction of sp³-hybridized carbons (Fsp3) is 0.308. The highest BCUT2D eigenvalue weighted by atomic mass is 32.1. The first-order valence-corrected chi connectivity index (χ1v) is 12.1. The second-order valence-electron chi connectivity index (χ2n) is 7.68. The maximum Gasteiger partial charge on any atom is 0.190 e. The second kappa shape index (κ2) is 10.5. The number of aryl methyl sites for hydroxylation is 3. The molecule has 32 heavy (non-hydrogen) atoms. The van der Waals surface area contributed by atoms with Crippen molar-refractivity contribution in [3.63, 3.8) is 0 Å². The molecule has 166 valence electrons. The Balaban J connectivity index is 1.76. The number of benzene rings is 2. The largest absolute Gasteiger partial charge is 0.497 e. The highest BCUT2D eigenvalue weighted by molar-refractivity contribution is 7.07. The van der Waals surface area contributed by atoms with Crippen LogP contribution in [-0.4, -0.2) is 21.2 Å². The Kier molecular flexibility index (Phi) is 7.22. The summed E-state index contributed by atoms with van der Waals surface area (Å²) < 4.78 is 9.83. The van der Waals surface area contributed by atoms with Crippen LogP contribution in [-0.2, 0) is 25.9 Å². The van der Waals surface area contributed by atoms with Crippen molar-refractivity contribution >= 4 is 17.0 Å². The number of imidazole rings is 1. The van der Waals surface area contributed by atoms with Gasteiger partial charge in [0.2, 0.25) is 0 Å². The van der Waals surface area contributed by atoms with Crippen LogP contribution in [0.5, 0.6) is 5.75 Å². The molecule has 0 amide bonds. The molecule has 0 saturated heterocycles. The lowest BCUT2D eigenvalue weighted by Crippen LogP contribution is -2.17. The molecule has 0 bridgehead atoms. The molecule has 0 fully saturated rings. The van der Waals surface area contributed by atoms with E-state index in [9.17, 15) is 0 Å². The van der Waals surface area contributed by atoms with E-state index in [0.717, 1.165) is 48.6 Å². The normalized spacial score (nSPS) is 11.8. The number of ether oxygens (including phenoxy) is 1. The van der Waals surface area contributed by atoms with Crippen molar-refractivity contribution in [2.45, 2.75) is 46.2 Å². The molecule has 0 N–H and O–H groups in total. The van der Waals surface area contributed by atoms with E-state index in [4.69, 9.17) is 9.73 Å². The van der Waals surface area contributed by atoms with E-state index in [-0.39, 0.29) is 0 Å². The van der Waals surface area contributed by atoms with Crippen LogP contribution in [0, 0.1) is 0 Å². The Morgan fingerprint density at radius 2 is 1.75 bits per heavy atom. The molecule has 6 heteroatoms. The molecule has 0 saturated carbocycles. The fourth-order valence-electron chi connectivity index (χ4n) is 3.91. The molecule has 0 unspecified atom stereocenters. The average molecular weight is 447 g/mol. The van der Waals surface area contributed by atoms with Gasteiger partial charge in [-0.25, -0.2) is 9.98 Å². The molecule has 4 aromatic rings. The maximum absolute atomic E-state index is 5.35. The lowest BCUT2D eigenvalue weighted by atomic mass is 10.0. The Labute approximate surface area is 193 Å². The molecule has 2 aromatic carbocycles. The van der Waals surface area contributed by atoms with Crippen molar-refractivity contribution in [2.24, 2.45) is 4.99 Å². The van der Waals surface area contributed by atoms with E-state index in [1.165, 1.54) is 22.4 Å². The second-order valence-corrected chi connectivity index (χ2v) is 8.52. The lowest BCUT2D eigenvalue weighted by Gasteiger charge is -2.12. The van der Waals surface area contributed by atoms with Crippen molar-refractivity contribution in [1.82, 2.24) is 14.1 Å². The Morgan fingerprint density at radius 1 is 1.00 bits per heavy atom. The van der Waals surface area contributed by atoms with Crippen LogP contribution in [0.4, 0.5) is 5.69 Å². The standard InChI is InChI=1S/C26H30N4OS/c1-4-20-8-6-9-21(5-2)25(20)28-26-30(16-7-15-29-17-14-27-19-29)24(18-32-26)22-10-12-23(31-3)13-11-22/h6,8-14,17-19H,4-5,7,15-16H2,1-3H3. The van der Waals surface area contributed by atoms with Crippen LogP contribution in [0.1, 0.15) is 31.4 Å². The van der Waals surface area contributed by atoms with Crippen LogP contribution in [0.2, 0.25) is 0 Å². The van der Waals surface area contributed by atoms with Gasteiger partial charge >= 0.3 is 0 Å². The molecular formula is C26H30N4OS. The van der Waals surface area contributed by atoms with Crippen molar-refractivity contribution in [3.8, 4) is 17.0 Å². The smallest absolute Gasteiger partial charge is 0.190 e. The third-order valence-electron chi connectivity index (χ3n) is 5.71. The van der Waals surface area contributed by atoms with E-state index in [2.05, 4.69) is 63.7 Å². The summed E-state index contributed by atoms with van der Waals surface area (Å²) in [5, 5.41) is 2.22. The predicted octanol–water partition coefficient (Wildman–Crippen LogP) is 5.87. The lowest BCUT2D eigenvalue weighted by molar-refractivity contribution is 0.415. The van der Waals surface area contributed by atoms with Crippen LogP contribution in [0.25, 0.3) is 11.3 Å². The number of nitrogens with zero attached hydrogens (tertiary/aromatic N) is 4. The van der Waals surface area contributed by atoms with Gasteiger partial charge in [0.1, 0.15) is 5.75 Å². The molecule has 0 aliphatic rings. The van der Waals surface area contributed by atoms with Gasteiger partial charge in [0.25, 0.3) is 0 Å². The van der Waals surface area contributed by atoms with Gasteiger partial charge < -0.3 is 13.9 Å². The van der Waals surface area contributed by atoms with E-state index in [0.29, 0.717) is 0 Å². The van der Waals surface area contributed by atoms with Crippen LogP contribution >= 0.6 is 11.3 Å². The summed E-state index contributed by atoms with van der Waals surface area (Å²) in [4.78, 5) is 10.4. The number of rotatable bonds is 9. The third kappa shape index (κ3) is 4.86. The molecule has 0 atom stereocenters. The molecule has 0 aliphatic carbocycles. The minimum absolute atomic E-state index is 0.866. The third-order valence-corrected chi connectivity index (χ3v) is 6.58. The number of para-hydroxylation sites is 1. The van der Waals surface area contributed by atoms with Gasteiger partial charge in [-0.15, -0.1) is 11.3 Å². The topological polar surface area (TPSA) is 44.3 Å². The zero-order valence-corrected chi connectivity index (χ0v) is 19.8. The number of hydrogen-bond acceptors (Lipinski definition) is 4. The summed E-state index contributed by atoms with van der Waals surface area (Å²) in [6, 6.07) is 14.8. The zero-order valence-electron chi connectivity index (χ0n) is 19.0. The molecule has 0 spiro atoms. The van der Waals surface area contributed by atoms with Gasteiger partial charge in [-0.2, -0.15) is 0 Å². The molecule has 0 aliphatic heterocycles. The molecule has 2 heterocycles. The van der Waals surface area contributed by atoms with E-state index < -0.39 is 0 Å². The van der Waals surface area contributed by atoms with E-state index >= 15 is 0 Å². The molecule has 0 radical (unpaired) electrons. The van der Waals surface area contributed by atoms with Crippen molar-refractivity contribution < 1.29 is 4.74 Å². The summed E-state index contributed by atoms with van der Waals surface area (Å²) in [5.41, 5.74) is 6.09. The Hall–Kier alpha value is -3.12. The maximum atomic E-state index is 5.35. The molecule has 5 nitrogen and oxygen atoms in total. The average Bonchev–Trinajstić information content (AvgIpc) is 3.50. The first-order valence-electron chi connectivity index (χ1n) is 11.2. The summed E-state index contributed by atoms with van der Waals surface area (Å²) in [7, 11) is 1.70. The van der Waals surface area contributed by atoms with Crippen molar-refractivity contribution in [2.75, 3.05) is 7.11 Å². The fourth-order valence-corrected chi connectivity index (χ4v) is 4.85. The number of thiazole rings is 1. The number of aromatic nitrogens is 3. The van der Waals surface area contributed by atoms with E-state index in [1.54, 1.807) is 18.4 Å². The first-order chi connectivity index (χ1) is 15.7. The van der Waals surface area contributed by atoms with Crippen LogP contribution in [0.3, 0.4) is 0 Å². The van der Waals surface area contributed by atoms with Gasteiger partial charge in [0.15, 0.2) is 4.80 Å². The number of hydrogen-bond donors (Lipinski definition) is 0. The highest BCUT2D eigenvalue weighted by Crippen LogP contribution is 2.27. The first kappa shape index (κ1) is 22.1. The monoisotopic (exact) mass is 446 g/mol. The summed E-state index contributed by atoms with van der Waals surface area (Å²) in [6.07, 6.45) is 8.67. The summed E-state index contributed by atoms with van der Waals surface area (Å²) in [5.74, 6) is 0.866. The van der Waals surface area contributed by atoms with Gasteiger partial charge in [0, 0.05) is 30.9 Å². The van der Waals surface area contributed by atoms with Gasteiger partial charge in [0.05, 0.1) is 24.8 Å². The quantitative estimate of drug-likeness (QED) is 0.323. The highest BCUT2D eigenvalue weighted by Gasteiger charge is 2.11. The Bertz CT molecular complexity index is 1180. The summed E-state index contributed by atoms with van der Waals surface area (Å²) in [6.45, 7) is 6.21. The molecular weight excluding hydrogens is 416 g/mol. The van der Waals surface area contributed by atoms with Crippen molar-refractivity contribution in [3.05, 3.63) is 82.5 Å². The molecule has 2 aromatic heterocycles. The van der Waals surface area contributed by atoms with Crippen LogP contribution in [0.15, 0.2) is 71.6 Å². The zero-order chi connectivity index (χ0) is 22.3. The van der Waals surface area contributed by atoms with Gasteiger partial charge in [-0.1, -0.05) is 32.0 Å². The molecule has 4 rings (SSSR count). The minimum atomic E-state index is 0.866. The van der Waals surface area contributed by atoms with Crippen molar-refractivity contribution in [1.29, 1.82) is 0 Å². The SMILES string of the molecule is CCc1cccc(CC)c1N=c1scc(-c2ccc(OC)cc2)n1CCCn1ccnc1. The van der Waals surface area contributed by atoms with Gasteiger partial charge in [-0.05, 0) is 60.2 Å².